The molecular formula is C17H23N3. The molecule has 0 aromatic heterocycles. The highest BCUT2D eigenvalue weighted by Gasteiger charge is 2.29. The third-order valence-corrected chi connectivity index (χ3v) is 4.30. The van der Waals surface area contributed by atoms with Crippen LogP contribution in [0.1, 0.15) is 17.2 Å². The van der Waals surface area contributed by atoms with Crippen molar-refractivity contribution in [2.45, 2.75) is 12.6 Å². The quantitative estimate of drug-likeness (QED) is 0.923. The van der Waals surface area contributed by atoms with Crippen molar-refractivity contribution in [1.82, 2.24) is 9.80 Å². The molecule has 0 saturated heterocycles. The molecule has 1 aliphatic heterocycles. The Morgan fingerprint density at radius 1 is 1.20 bits per heavy atom. The third-order valence-electron chi connectivity index (χ3n) is 4.30. The van der Waals surface area contributed by atoms with E-state index in [0.29, 0.717) is 12.6 Å². The monoisotopic (exact) mass is 269 g/mol. The summed E-state index contributed by atoms with van der Waals surface area (Å²) in [4.78, 5) is 4.74. The topological polar surface area (TPSA) is 32.5 Å². The van der Waals surface area contributed by atoms with Crippen LogP contribution < -0.4 is 5.73 Å². The highest BCUT2D eigenvalue weighted by Crippen LogP contribution is 2.37. The van der Waals surface area contributed by atoms with Gasteiger partial charge in [0.05, 0.1) is 0 Å². The van der Waals surface area contributed by atoms with Crippen LogP contribution in [0.15, 0.2) is 36.4 Å². The van der Waals surface area contributed by atoms with Crippen molar-refractivity contribution in [3.05, 3.63) is 47.5 Å². The molecule has 0 aliphatic carbocycles. The van der Waals surface area contributed by atoms with Gasteiger partial charge < -0.3 is 10.6 Å². The minimum atomic E-state index is 0.370. The van der Waals surface area contributed by atoms with Crippen molar-refractivity contribution in [3.63, 3.8) is 0 Å². The maximum atomic E-state index is 6.03. The van der Waals surface area contributed by atoms with Gasteiger partial charge >= 0.3 is 0 Å². The molecule has 1 atom stereocenters. The van der Waals surface area contributed by atoms with E-state index in [1.165, 1.54) is 21.9 Å². The molecule has 1 aliphatic rings. The van der Waals surface area contributed by atoms with Crippen molar-refractivity contribution in [2.24, 2.45) is 5.73 Å². The van der Waals surface area contributed by atoms with Crippen molar-refractivity contribution in [1.29, 1.82) is 0 Å². The maximum Gasteiger partial charge on any atom is 0.0477 e. The third kappa shape index (κ3) is 2.33. The lowest BCUT2D eigenvalue weighted by Crippen LogP contribution is -2.33. The smallest absolute Gasteiger partial charge is 0.0477 e. The van der Waals surface area contributed by atoms with E-state index in [2.05, 4.69) is 60.3 Å². The highest BCUT2D eigenvalue weighted by atomic mass is 15.2. The first-order chi connectivity index (χ1) is 9.70. The van der Waals surface area contributed by atoms with E-state index in [0.717, 1.165) is 19.6 Å². The van der Waals surface area contributed by atoms with Gasteiger partial charge in [-0.25, -0.2) is 0 Å². The van der Waals surface area contributed by atoms with Crippen LogP contribution in [-0.4, -0.2) is 43.5 Å². The standard InChI is InChI=1S/C17H23N3/c1-19(2)9-10-20-12-16-14-6-4-3-5-13(14)7-8-15(16)17(20)11-18/h3-8,17H,9-12,18H2,1-2H3. The first kappa shape index (κ1) is 13.6. The lowest BCUT2D eigenvalue weighted by atomic mass is 9.98. The van der Waals surface area contributed by atoms with E-state index >= 15 is 0 Å². The molecule has 3 heteroatoms. The molecule has 20 heavy (non-hydrogen) atoms. The number of nitrogens with zero attached hydrogens (tertiary/aromatic N) is 2. The van der Waals surface area contributed by atoms with Gasteiger partial charge in [-0.1, -0.05) is 36.4 Å². The van der Waals surface area contributed by atoms with E-state index in [-0.39, 0.29) is 0 Å². The van der Waals surface area contributed by atoms with Crippen molar-refractivity contribution >= 4 is 10.8 Å². The molecule has 1 unspecified atom stereocenters. The zero-order valence-electron chi connectivity index (χ0n) is 12.3. The molecule has 106 valence electrons. The summed E-state index contributed by atoms with van der Waals surface area (Å²) in [5.41, 5.74) is 8.93. The van der Waals surface area contributed by atoms with E-state index in [4.69, 9.17) is 5.73 Å². The number of fused-ring (bicyclic) bond motifs is 3. The zero-order chi connectivity index (χ0) is 14.1. The van der Waals surface area contributed by atoms with Crippen molar-refractivity contribution < 1.29 is 0 Å². The SMILES string of the molecule is CN(C)CCN1Cc2c(ccc3ccccc23)C1CN. The highest BCUT2D eigenvalue weighted by molar-refractivity contribution is 5.87. The Morgan fingerprint density at radius 2 is 2.00 bits per heavy atom. The van der Waals surface area contributed by atoms with Gasteiger partial charge in [0.1, 0.15) is 0 Å². The average Bonchev–Trinajstić information content (AvgIpc) is 2.83. The van der Waals surface area contributed by atoms with Crippen LogP contribution in [0.5, 0.6) is 0 Å². The Bertz CT molecular complexity index is 606. The zero-order valence-corrected chi connectivity index (χ0v) is 12.3. The molecule has 3 nitrogen and oxygen atoms in total. The first-order valence-corrected chi connectivity index (χ1v) is 7.30. The van der Waals surface area contributed by atoms with Crippen molar-refractivity contribution in [2.75, 3.05) is 33.7 Å². The Labute approximate surface area is 121 Å². The fraction of sp³-hybridized carbons (Fsp3) is 0.412. The number of benzene rings is 2. The summed E-state index contributed by atoms with van der Waals surface area (Å²) in [5.74, 6) is 0. The average molecular weight is 269 g/mol. The van der Waals surface area contributed by atoms with Crippen LogP contribution in [0.2, 0.25) is 0 Å². The van der Waals surface area contributed by atoms with Gasteiger partial charge in [-0.05, 0) is 36.0 Å². The summed E-state index contributed by atoms with van der Waals surface area (Å²) in [6.07, 6.45) is 0. The number of hydrogen-bond donors (Lipinski definition) is 1. The number of nitrogens with two attached hydrogens (primary N) is 1. The summed E-state index contributed by atoms with van der Waals surface area (Å²) < 4.78 is 0. The molecule has 0 fully saturated rings. The van der Waals surface area contributed by atoms with E-state index < -0.39 is 0 Å². The van der Waals surface area contributed by atoms with Gasteiger partial charge in [-0.15, -0.1) is 0 Å². The largest absolute Gasteiger partial charge is 0.329 e. The number of rotatable bonds is 4. The van der Waals surface area contributed by atoms with Crippen LogP contribution in [0.25, 0.3) is 10.8 Å². The molecule has 0 amide bonds. The van der Waals surface area contributed by atoms with E-state index in [9.17, 15) is 0 Å². The number of likely N-dealkylation sites (N-methyl/N-ethyl adjacent to an activating group) is 1. The van der Waals surface area contributed by atoms with Crippen LogP contribution in [0, 0.1) is 0 Å². The van der Waals surface area contributed by atoms with Gasteiger partial charge in [0.25, 0.3) is 0 Å². The predicted octanol–water partition coefficient (Wildman–Crippen LogP) is 2.22. The minimum Gasteiger partial charge on any atom is -0.329 e. The van der Waals surface area contributed by atoms with E-state index in [1.54, 1.807) is 0 Å². The fourth-order valence-electron chi connectivity index (χ4n) is 3.19. The summed E-state index contributed by atoms with van der Waals surface area (Å²) >= 11 is 0. The Balaban J connectivity index is 1.96. The van der Waals surface area contributed by atoms with Gasteiger partial charge in [0.2, 0.25) is 0 Å². The summed E-state index contributed by atoms with van der Waals surface area (Å²) in [5, 5.41) is 2.72. The second-order valence-corrected chi connectivity index (χ2v) is 5.88. The Hall–Kier alpha value is -1.42. The van der Waals surface area contributed by atoms with Gasteiger partial charge in [0, 0.05) is 32.2 Å². The van der Waals surface area contributed by atoms with Crippen LogP contribution >= 0.6 is 0 Å². The molecule has 3 rings (SSSR count). The van der Waals surface area contributed by atoms with Gasteiger partial charge in [-0.2, -0.15) is 0 Å². The second-order valence-electron chi connectivity index (χ2n) is 5.88. The molecule has 1 heterocycles. The number of hydrogen-bond acceptors (Lipinski definition) is 3. The second kappa shape index (κ2) is 5.52. The molecule has 2 aromatic rings. The van der Waals surface area contributed by atoms with Crippen LogP contribution in [-0.2, 0) is 6.54 Å². The molecular weight excluding hydrogens is 246 g/mol. The summed E-state index contributed by atoms with van der Waals surface area (Å²) in [6, 6.07) is 13.5. The van der Waals surface area contributed by atoms with Gasteiger partial charge in [-0.3, -0.25) is 4.90 Å². The molecule has 2 aromatic carbocycles. The van der Waals surface area contributed by atoms with E-state index in [1.807, 2.05) is 0 Å². The maximum absolute atomic E-state index is 6.03. The molecule has 0 bridgehead atoms. The lowest BCUT2D eigenvalue weighted by Gasteiger charge is -2.25. The lowest BCUT2D eigenvalue weighted by molar-refractivity contribution is 0.197. The van der Waals surface area contributed by atoms with Crippen molar-refractivity contribution in [3.8, 4) is 0 Å². The van der Waals surface area contributed by atoms with Crippen LogP contribution in [0.4, 0.5) is 0 Å². The summed E-state index contributed by atoms with van der Waals surface area (Å²) in [6.45, 7) is 3.85. The molecule has 0 saturated carbocycles. The predicted molar refractivity (Wildman–Crippen MR) is 84.7 cm³/mol. The Morgan fingerprint density at radius 3 is 2.75 bits per heavy atom. The normalized spacial score (nSPS) is 18.9. The van der Waals surface area contributed by atoms with Gasteiger partial charge in [0.15, 0.2) is 0 Å². The first-order valence-electron chi connectivity index (χ1n) is 7.30. The molecule has 0 spiro atoms. The fourth-order valence-corrected chi connectivity index (χ4v) is 3.19. The molecule has 2 N–H and O–H groups in total. The Kier molecular flexibility index (Phi) is 3.74. The van der Waals surface area contributed by atoms with Crippen LogP contribution in [0.3, 0.4) is 0 Å². The minimum absolute atomic E-state index is 0.370. The molecule has 0 radical (unpaired) electrons. The summed E-state index contributed by atoms with van der Waals surface area (Å²) in [7, 11) is 4.24.